The third kappa shape index (κ3) is 25.1. The first-order valence-electron chi connectivity index (χ1n) is 36.3. The highest BCUT2D eigenvalue weighted by molar-refractivity contribution is 6.00. The quantitative estimate of drug-likeness (QED) is 0.114. The summed E-state index contributed by atoms with van der Waals surface area (Å²) in [6, 6.07) is 2.69. The molecule has 12 amide bonds. The SMILES string of the molecule is CCCCN1CC(=O)N(C)[C@@H](Cc2ccccc2)C(=O)N(C)[C@@H](CC(C)C)C(=O)N[C@@H](Cc2ccc(O)cc2)C(=O)N(C)[C@@H](CC(C)C)C(=O)N[C@H](C(=O)N2CCCCC2)CC(=O)N(C)CC(=O)N(C)[C@@H](CC(C)C)C(=O)N[C@@H]([C@@H](C)CC)C(=O)N(C)[C@@H](CC(C)C)C(=O)N[C@@H](C(C)O)C1=O. The minimum Gasteiger partial charge on any atom is -0.508 e. The third-order valence-corrected chi connectivity index (χ3v) is 19.4. The lowest BCUT2D eigenvalue weighted by molar-refractivity contribution is -0.151. The number of benzene rings is 2. The highest BCUT2D eigenvalue weighted by Crippen LogP contribution is 2.24. The second-order valence-corrected chi connectivity index (χ2v) is 29.7. The molecule has 564 valence electrons. The average molecular weight is 1410 g/mol. The number of nitrogens with zero attached hydrogens (tertiary/aromatic N) is 8. The predicted molar refractivity (Wildman–Crippen MR) is 386 cm³/mol. The lowest BCUT2D eigenvalue weighted by Gasteiger charge is -2.38. The van der Waals surface area contributed by atoms with Crippen LogP contribution >= 0.6 is 0 Å². The number of hydrogen-bond donors (Lipinski definition) is 6. The Bertz CT molecular complexity index is 3100. The molecule has 11 atom stereocenters. The van der Waals surface area contributed by atoms with Crippen LogP contribution in [-0.2, 0) is 70.4 Å². The summed E-state index contributed by atoms with van der Waals surface area (Å²) in [5.74, 6) is -10.0. The maximum absolute atomic E-state index is 15.5. The summed E-state index contributed by atoms with van der Waals surface area (Å²) >= 11 is 0. The van der Waals surface area contributed by atoms with Crippen LogP contribution < -0.4 is 21.3 Å². The zero-order valence-electron chi connectivity index (χ0n) is 63.5. The molecule has 0 aromatic heterocycles. The molecule has 0 saturated carbocycles. The Labute approximate surface area is 599 Å². The van der Waals surface area contributed by atoms with Gasteiger partial charge in [-0.2, -0.15) is 0 Å². The Morgan fingerprint density at radius 1 is 0.485 bits per heavy atom. The van der Waals surface area contributed by atoms with Gasteiger partial charge in [-0.25, -0.2) is 0 Å². The van der Waals surface area contributed by atoms with Crippen molar-refractivity contribution in [3.63, 3.8) is 0 Å². The van der Waals surface area contributed by atoms with Gasteiger partial charge in [0, 0.05) is 74.8 Å². The topological polar surface area (TPSA) is 319 Å². The molecule has 0 spiro atoms. The van der Waals surface area contributed by atoms with E-state index in [0.717, 1.165) is 11.3 Å². The number of phenolic OH excluding ortho intramolecular Hbond substituents is 1. The van der Waals surface area contributed by atoms with E-state index in [4.69, 9.17) is 0 Å². The summed E-state index contributed by atoms with van der Waals surface area (Å²) < 4.78 is 0. The predicted octanol–water partition coefficient (Wildman–Crippen LogP) is 4.37. The molecular formula is C75H120N12O14. The van der Waals surface area contributed by atoms with Gasteiger partial charge in [0.05, 0.1) is 25.6 Å². The van der Waals surface area contributed by atoms with Crippen LogP contribution in [0.4, 0.5) is 0 Å². The first-order chi connectivity index (χ1) is 47.4. The second-order valence-electron chi connectivity index (χ2n) is 29.7. The minimum absolute atomic E-state index is 0.0135. The van der Waals surface area contributed by atoms with Crippen LogP contribution in [-0.4, -0.2) is 256 Å². The van der Waals surface area contributed by atoms with E-state index in [9.17, 15) is 34.2 Å². The van der Waals surface area contributed by atoms with Gasteiger partial charge in [0.1, 0.15) is 60.1 Å². The van der Waals surface area contributed by atoms with Crippen LogP contribution in [0.15, 0.2) is 54.6 Å². The number of hydrogen-bond acceptors (Lipinski definition) is 14. The number of phenols is 1. The minimum atomic E-state index is -1.66. The van der Waals surface area contributed by atoms with Crippen LogP contribution in [0.1, 0.15) is 165 Å². The van der Waals surface area contributed by atoms with Crippen LogP contribution in [0.25, 0.3) is 0 Å². The molecule has 2 aliphatic heterocycles. The Balaban J connectivity index is 2.00. The second kappa shape index (κ2) is 40.5. The van der Waals surface area contributed by atoms with E-state index in [2.05, 4.69) is 21.3 Å². The van der Waals surface area contributed by atoms with Crippen molar-refractivity contribution in [1.82, 2.24) is 60.5 Å². The molecule has 2 heterocycles. The molecule has 0 bridgehead atoms. The number of aromatic hydroxyl groups is 1. The number of aliphatic hydroxyl groups is 1. The largest absolute Gasteiger partial charge is 0.508 e. The monoisotopic (exact) mass is 1410 g/mol. The van der Waals surface area contributed by atoms with Crippen LogP contribution in [0.3, 0.4) is 0 Å². The van der Waals surface area contributed by atoms with E-state index in [1.54, 1.807) is 54.3 Å². The van der Waals surface area contributed by atoms with Gasteiger partial charge in [-0.15, -0.1) is 0 Å². The van der Waals surface area contributed by atoms with E-state index in [-0.39, 0.29) is 74.5 Å². The third-order valence-electron chi connectivity index (χ3n) is 19.4. The number of likely N-dealkylation sites (tertiary alicyclic amines) is 1. The summed E-state index contributed by atoms with van der Waals surface area (Å²) in [6.07, 6.45) is 1.45. The van der Waals surface area contributed by atoms with E-state index in [1.165, 1.54) is 90.7 Å². The molecule has 2 aromatic carbocycles. The van der Waals surface area contributed by atoms with Crippen molar-refractivity contribution in [2.24, 2.45) is 29.6 Å². The van der Waals surface area contributed by atoms with Gasteiger partial charge < -0.3 is 70.7 Å². The Kier molecular flexibility index (Phi) is 34.2. The number of amides is 12. The van der Waals surface area contributed by atoms with Gasteiger partial charge in [-0.3, -0.25) is 57.5 Å². The number of piperidine rings is 1. The summed E-state index contributed by atoms with van der Waals surface area (Å²) in [6.45, 7) is 21.0. The molecule has 2 saturated heterocycles. The Hall–Kier alpha value is -8.16. The van der Waals surface area contributed by atoms with Crippen molar-refractivity contribution < 1.29 is 67.7 Å². The van der Waals surface area contributed by atoms with Crippen molar-refractivity contribution in [3.8, 4) is 5.75 Å². The Morgan fingerprint density at radius 2 is 0.931 bits per heavy atom. The molecule has 1 unspecified atom stereocenters. The van der Waals surface area contributed by atoms with Crippen LogP contribution in [0, 0.1) is 29.6 Å². The average Bonchev–Trinajstić information content (AvgIpc) is 0.822. The molecule has 2 fully saturated rings. The molecule has 26 nitrogen and oxygen atoms in total. The molecule has 6 N–H and O–H groups in total. The summed E-state index contributed by atoms with van der Waals surface area (Å²) in [5.41, 5.74) is 1.15. The fourth-order valence-corrected chi connectivity index (χ4v) is 12.8. The number of nitrogens with one attached hydrogen (secondary N) is 4. The number of rotatable bonds is 19. The number of likely N-dealkylation sites (N-methyl/N-ethyl adjacent to an activating group) is 6. The summed E-state index contributed by atoms with van der Waals surface area (Å²) in [4.78, 5) is 190. The van der Waals surface area contributed by atoms with Gasteiger partial charge in [-0.05, 0) is 111 Å². The van der Waals surface area contributed by atoms with Crippen molar-refractivity contribution in [1.29, 1.82) is 0 Å². The van der Waals surface area contributed by atoms with Gasteiger partial charge in [0.15, 0.2) is 0 Å². The zero-order valence-corrected chi connectivity index (χ0v) is 63.5. The van der Waals surface area contributed by atoms with E-state index in [1.807, 2.05) is 69.2 Å². The molecule has 0 aliphatic carbocycles. The zero-order chi connectivity index (χ0) is 75.9. The normalized spacial score (nSPS) is 24.5. The smallest absolute Gasteiger partial charge is 0.248 e. The van der Waals surface area contributed by atoms with Gasteiger partial charge in [0.2, 0.25) is 70.9 Å². The molecule has 4 rings (SSSR count). The van der Waals surface area contributed by atoms with E-state index in [0.29, 0.717) is 56.3 Å². The molecule has 2 aliphatic rings. The Morgan fingerprint density at radius 3 is 1.43 bits per heavy atom. The van der Waals surface area contributed by atoms with Gasteiger partial charge >= 0.3 is 0 Å². The van der Waals surface area contributed by atoms with Gasteiger partial charge in [-0.1, -0.05) is 131 Å². The van der Waals surface area contributed by atoms with E-state index >= 15 is 33.6 Å². The lowest BCUT2D eigenvalue weighted by Crippen LogP contribution is -2.62. The highest BCUT2D eigenvalue weighted by atomic mass is 16.3. The number of carbonyl (C=O) groups excluding carboxylic acids is 12. The van der Waals surface area contributed by atoms with Crippen LogP contribution in [0.2, 0.25) is 0 Å². The van der Waals surface area contributed by atoms with Crippen molar-refractivity contribution in [2.75, 3.05) is 75.0 Å². The number of unbranched alkanes of at least 4 members (excludes halogenated alkanes) is 1. The number of aliphatic hydroxyl groups excluding tert-OH is 1. The highest BCUT2D eigenvalue weighted by Gasteiger charge is 2.44. The number of carbonyl (C=O) groups is 12. The summed E-state index contributed by atoms with van der Waals surface area (Å²) in [5, 5.41) is 33.2. The first-order valence-corrected chi connectivity index (χ1v) is 36.3. The molecule has 26 heteroatoms. The molecular weight excluding hydrogens is 1290 g/mol. The fraction of sp³-hybridized carbons (Fsp3) is 0.680. The fourth-order valence-electron chi connectivity index (χ4n) is 12.8. The van der Waals surface area contributed by atoms with Crippen molar-refractivity contribution >= 4 is 70.9 Å². The van der Waals surface area contributed by atoms with Crippen molar-refractivity contribution in [2.45, 2.75) is 227 Å². The van der Waals surface area contributed by atoms with E-state index < -0.39 is 157 Å². The maximum Gasteiger partial charge on any atom is 0.248 e. The molecule has 2 aromatic rings. The molecule has 0 radical (unpaired) electrons. The maximum atomic E-state index is 15.5. The van der Waals surface area contributed by atoms with Crippen molar-refractivity contribution in [3.05, 3.63) is 65.7 Å². The first kappa shape index (κ1) is 85.3. The lowest BCUT2D eigenvalue weighted by atomic mass is 9.94. The van der Waals surface area contributed by atoms with Gasteiger partial charge in [0.25, 0.3) is 0 Å². The summed E-state index contributed by atoms with van der Waals surface area (Å²) in [7, 11) is 8.44. The standard InChI is InChI=1S/C75H120N12O14/c1-19-21-34-87-45-64(92)82(15)61(42-52-28-24-22-25-29-52)73(99)84(17)59(39-48(7)8)68(94)76-55(41-53-30-32-54(89)33-31-53)71(97)83(16)58(38-47(5)6)67(93)77-56(72(98)86-35-26-23-27-36-86)43-62(90)80(13)44-63(91)81(14)57(37-46(3)4)69(95)78-65(50(11)20-2)74(100)85(18)60(40-49(9)10)70(96)79-66(51(12)88)75(87)101/h22,24-25,28-33,46-51,55-61,65-66,88-89H,19-21,23,26-27,34-45H2,1-18H3,(H,76,94)(H,77,93)(H,78,95)(H,79,96)/t50-,51?,55-,56-,57-,58-,59-,60-,61-,65-,66-/m0/s1. The molecule has 101 heavy (non-hydrogen) atoms. The van der Waals surface area contributed by atoms with Crippen LogP contribution in [0.5, 0.6) is 5.75 Å².